The summed E-state index contributed by atoms with van der Waals surface area (Å²) in [6.45, 7) is 1.99. The predicted octanol–water partition coefficient (Wildman–Crippen LogP) is 2.56. The van der Waals surface area contributed by atoms with Crippen LogP contribution in [0.5, 0.6) is 0 Å². The highest BCUT2D eigenvalue weighted by atomic mass is 32.2. The SMILES string of the molecule is Cc1cc2[nH]c(C=O)nc2cc1C(=S)CCCS(C)=O. The van der Waals surface area contributed by atoms with E-state index in [9.17, 15) is 9.00 Å². The average Bonchev–Trinajstić information content (AvgIpc) is 2.79. The lowest BCUT2D eigenvalue weighted by atomic mass is 10.0. The van der Waals surface area contributed by atoms with Gasteiger partial charge in [-0.05, 0) is 43.0 Å². The van der Waals surface area contributed by atoms with Gasteiger partial charge in [0.2, 0.25) is 0 Å². The topological polar surface area (TPSA) is 62.8 Å². The van der Waals surface area contributed by atoms with Crippen LogP contribution in [0.15, 0.2) is 12.1 Å². The lowest BCUT2D eigenvalue weighted by Crippen LogP contribution is -2.03. The Labute approximate surface area is 125 Å². The van der Waals surface area contributed by atoms with Crippen LogP contribution in [-0.2, 0) is 10.8 Å². The molecule has 1 heterocycles. The number of aromatic nitrogens is 2. The summed E-state index contributed by atoms with van der Waals surface area (Å²) < 4.78 is 11.1. The molecule has 0 aliphatic carbocycles. The Morgan fingerprint density at radius 3 is 2.90 bits per heavy atom. The van der Waals surface area contributed by atoms with E-state index in [0.29, 0.717) is 17.9 Å². The molecule has 1 aromatic heterocycles. The maximum absolute atomic E-state index is 11.1. The van der Waals surface area contributed by atoms with Crippen molar-refractivity contribution < 1.29 is 9.00 Å². The van der Waals surface area contributed by atoms with Crippen LogP contribution in [0.25, 0.3) is 11.0 Å². The molecule has 0 radical (unpaired) electrons. The Morgan fingerprint density at radius 1 is 1.50 bits per heavy atom. The third-order valence-corrected chi connectivity index (χ3v) is 4.38. The van der Waals surface area contributed by atoms with Gasteiger partial charge >= 0.3 is 0 Å². The number of carbonyl (C=O) groups excluding carboxylic acids is 1. The number of aryl methyl sites for hydroxylation is 1. The van der Waals surface area contributed by atoms with E-state index < -0.39 is 10.8 Å². The second kappa shape index (κ2) is 6.37. The maximum Gasteiger partial charge on any atom is 0.185 e. The molecule has 0 fully saturated rings. The summed E-state index contributed by atoms with van der Waals surface area (Å²) >= 11 is 5.45. The molecule has 0 saturated heterocycles. The zero-order valence-corrected chi connectivity index (χ0v) is 13.1. The minimum Gasteiger partial charge on any atom is -0.336 e. The van der Waals surface area contributed by atoms with Crippen molar-refractivity contribution in [3.63, 3.8) is 0 Å². The molecule has 1 atom stereocenters. The van der Waals surface area contributed by atoms with Crippen LogP contribution in [0.1, 0.15) is 34.6 Å². The van der Waals surface area contributed by atoms with Gasteiger partial charge in [0.15, 0.2) is 12.1 Å². The van der Waals surface area contributed by atoms with Gasteiger partial charge in [-0.2, -0.15) is 0 Å². The van der Waals surface area contributed by atoms with E-state index in [-0.39, 0.29) is 0 Å². The second-order valence-corrected chi connectivity index (χ2v) is 6.78. The highest BCUT2D eigenvalue weighted by Crippen LogP contribution is 2.20. The Morgan fingerprint density at radius 2 is 2.25 bits per heavy atom. The van der Waals surface area contributed by atoms with Crippen molar-refractivity contribution in [2.45, 2.75) is 19.8 Å². The second-order valence-electron chi connectivity index (χ2n) is 4.73. The number of hydrogen-bond acceptors (Lipinski definition) is 4. The van der Waals surface area contributed by atoms with Crippen LogP contribution < -0.4 is 0 Å². The molecule has 0 aliphatic heterocycles. The van der Waals surface area contributed by atoms with Gasteiger partial charge in [0, 0.05) is 27.7 Å². The fourth-order valence-corrected chi connectivity index (χ4v) is 3.03. The molecule has 1 aromatic carbocycles. The third-order valence-electron chi connectivity index (χ3n) is 3.09. The quantitative estimate of drug-likeness (QED) is 0.506. The number of H-pyrrole nitrogens is 1. The van der Waals surface area contributed by atoms with E-state index >= 15 is 0 Å². The Bertz CT molecular complexity index is 692. The monoisotopic (exact) mass is 308 g/mol. The van der Waals surface area contributed by atoms with Gasteiger partial charge in [-0.15, -0.1) is 0 Å². The van der Waals surface area contributed by atoms with E-state index in [1.54, 1.807) is 6.26 Å². The number of aldehydes is 1. The van der Waals surface area contributed by atoms with Gasteiger partial charge in [-0.1, -0.05) is 12.2 Å². The van der Waals surface area contributed by atoms with Crippen molar-refractivity contribution >= 4 is 45.2 Å². The summed E-state index contributed by atoms with van der Waals surface area (Å²) in [4.78, 5) is 18.7. The third kappa shape index (κ3) is 3.37. The van der Waals surface area contributed by atoms with Gasteiger partial charge in [0.1, 0.15) is 0 Å². The zero-order chi connectivity index (χ0) is 14.7. The summed E-state index contributed by atoms with van der Waals surface area (Å²) in [5.74, 6) is 0.989. The highest BCUT2D eigenvalue weighted by molar-refractivity contribution is 7.84. The number of hydrogen-bond donors (Lipinski definition) is 1. The number of aromatic amines is 1. The molecule has 0 aliphatic rings. The van der Waals surface area contributed by atoms with Crippen LogP contribution >= 0.6 is 12.2 Å². The summed E-state index contributed by atoms with van der Waals surface area (Å²) in [6, 6.07) is 3.87. The van der Waals surface area contributed by atoms with E-state index in [2.05, 4.69) is 9.97 Å². The maximum atomic E-state index is 11.1. The van der Waals surface area contributed by atoms with Gasteiger partial charge in [0.05, 0.1) is 11.0 Å². The van der Waals surface area contributed by atoms with Crippen LogP contribution in [0.2, 0.25) is 0 Å². The number of rotatable bonds is 6. The highest BCUT2D eigenvalue weighted by Gasteiger charge is 2.10. The van der Waals surface area contributed by atoms with Crippen LogP contribution in [0, 0.1) is 6.92 Å². The number of imidazole rings is 1. The number of thiocarbonyl (C=S) groups is 1. The molecule has 20 heavy (non-hydrogen) atoms. The fourth-order valence-electron chi connectivity index (χ4n) is 2.11. The summed E-state index contributed by atoms with van der Waals surface area (Å²) in [7, 11) is -0.780. The summed E-state index contributed by atoms with van der Waals surface area (Å²) in [5, 5.41) is 0. The number of nitrogens with one attached hydrogen (secondary N) is 1. The van der Waals surface area contributed by atoms with Gasteiger partial charge in [-0.25, -0.2) is 4.98 Å². The number of fused-ring (bicyclic) bond motifs is 1. The summed E-state index contributed by atoms with van der Waals surface area (Å²) in [6.07, 6.45) is 3.96. The van der Waals surface area contributed by atoms with Crippen LogP contribution in [-0.4, -0.2) is 37.3 Å². The molecular weight excluding hydrogens is 292 g/mol. The normalized spacial score (nSPS) is 12.5. The minimum atomic E-state index is -0.780. The molecule has 0 bridgehead atoms. The number of carbonyl (C=O) groups is 1. The first kappa shape index (κ1) is 15.0. The van der Waals surface area contributed by atoms with Crippen molar-refractivity contribution in [2.24, 2.45) is 0 Å². The molecule has 0 amide bonds. The average molecular weight is 308 g/mol. The molecule has 0 spiro atoms. The fraction of sp³-hybridized carbons (Fsp3) is 0.357. The van der Waals surface area contributed by atoms with Crippen molar-refractivity contribution in [1.29, 1.82) is 0 Å². The predicted molar refractivity (Wildman–Crippen MR) is 86.1 cm³/mol. The zero-order valence-electron chi connectivity index (χ0n) is 11.4. The first-order chi connectivity index (χ1) is 9.51. The van der Waals surface area contributed by atoms with Crippen molar-refractivity contribution in [3.8, 4) is 0 Å². The van der Waals surface area contributed by atoms with E-state index in [1.807, 2.05) is 19.1 Å². The first-order valence-corrected chi connectivity index (χ1v) is 8.43. The molecule has 6 heteroatoms. The minimum absolute atomic E-state index is 0.323. The smallest absolute Gasteiger partial charge is 0.185 e. The van der Waals surface area contributed by atoms with E-state index in [0.717, 1.165) is 39.9 Å². The largest absolute Gasteiger partial charge is 0.336 e. The Hall–Kier alpha value is -1.40. The van der Waals surface area contributed by atoms with Crippen molar-refractivity contribution in [1.82, 2.24) is 9.97 Å². The molecule has 1 N–H and O–H groups in total. The lowest BCUT2D eigenvalue weighted by molar-refractivity contribution is 0.111. The van der Waals surface area contributed by atoms with Gasteiger partial charge < -0.3 is 4.98 Å². The van der Waals surface area contributed by atoms with E-state index in [4.69, 9.17) is 12.2 Å². The van der Waals surface area contributed by atoms with Gasteiger partial charge in [-0.3, -0.25) is 9.00 Å². The van der Waals surface area contributed by atoms with Crippen LogP contribution in [0.4, 0.5) is 0 Å². The number of nitrogens with zero attached hydrogens (tertiary/aromatic N) is 1. The Balaban J connectivity index is 2.24. The Kier molecular flexibility index (Phi) is 4.77. The molecular formula is C14H16N2O2S2. The molecule has 0 saturated carbocycles. The molecule has 2 rings (SSSR count). The van der Waals surface area contributed by atoms with E-state index in [1.165, 1.54) is 0 Å². The lowest BCUT2D eigenvalue weighted by Gasteiger charge is -2.07. The van der Waals surface area contributed by atoms with Gasteiger partial charge in [0.25, 0.3) is 0 Å². The molecule has 106 valence electrons. The first-order valence-electron chi connectivity index (χ1n) is 6.30. The molecule has 4 nitrogen and oxygen atoms in total. The molecule has 2 aromatic rings. The van der Waals surface area contributed by atoms with Crippen molar-refractivity contribution in [2.75, 3.05) is 12.0 Å². The summed E-state index contributed by atoms with van der Waals surface area (Å²) in [5.41, 5.74) is 3.62. The molecule has 1 unspecified atom stereocenters. The number of benzene rings is 1. The van der Waals surface area contributed by atoms with Crippen molar-refractivity contribution in [3.05, 3.63) is 29.1 Å². The van der Waals surface area contributed by atoms with Crippen LogP contribution in [0.3, 0.4) is 0 Å². The standard InChI is InChI=1S/C14H16N2O2S2/c1-9-6-11-12(16-14(8-17)15-11)7-10(9)13(19)4-3-5-20(2)18/h6-8H,3-5H2,1-2H3,(H,15,16).